The van der Waals surface area contributed by atoms with Crippen LogP contribution in [0.5, 0.6) is 5.75 Å². The summed E-state index contributed by atoms with van der Waals surface area (Å²) in [5.41, 5.74) is 0. The van der Waals surface area contributed by atoms with Crippen LogP contribution in [0, 0.1) is 5.92 Å². The molecule has 2 saturated heterocycles. The molecule has 0 bridgehead atoms. The molecule has 0 aliphatic carbocycles. The van der Waals surface area contributed by atoms with E-state index in [1.807, 2.05) is 35.3 Å². The lowest BCUT2D eigenvalue weighted by Crippen LogP contribution is -2.59. The maximum absolute atomic E-state index is 6.05. The fraction of sp³-hybridized carbons (Fsp3) is 0.562. The zero-order valence-electron chi connectivity index (χ0n) is 12.4. The van der Waals surface area contributed by atoms with Crippen molar-refractivity contribution in [1.29, 1.82) is 0 Å². The van der Waals surface area contributed by atoms with Crippen molar-refractivity contribution in [1.82, 2.24) is 15.6 Å². The van der Waals surface area contributed by atoms with E-state index >= 15 is 0 Å². The van der Waals surface area contributed by atoms with Gasteiger partial charge in [0.15, 0.2) is 0 Å². The van der Waals surface area contributed by atoms with Crippen LogP contribution in [0.3, 0.4) is 0 Å². The van der Waals surface area contributed by atoms with E-state index in [0.717, 1.165) is 31.8 Å². The van der Waals surface area contributed by atoms with Crippen LogP contribution in [0.1, 0.15) is 19.3 Å². The number of para-hydroxylation sites is 1. The van der Waals surface area contributed by atoms with E-state index in [9.17, 15) is 0 Å². The van der Waals surface area contributed by atoms with Crippen LogP contribution >= 0.6 is 0 Å². The van der Waals surface area contributed by atoms with Crippen LogP contribution < -0.4 is 15.4 Å². The first-order valence-electron chi connectivity index (χ1n) is 7.79. The molecule has 2 atom stereocenters. The lowest BCUT2D eigenvalue weighted by molar-refractivity contribution is -0.0716. The highest BCUT2D eigenvalue weighted by Gasteiger charge is 2.36. The Balaban J connectivity index is 1.70. The van der Waals surface area contributed by atoms with E-state index in [1.165, 1.54) is 12.8 Å². The average molecular weight is 288 g/mol. The molecule has 5 nitrogen and oxygen atoms in total. The van der Waals surface area contributed by atoms with Gasteiger partial charge in [-0.25, -0.2) is 5.01 Å². The highest BCUT2D eigenvalue weighted by Crippen LogP contribution is 2.28. The number of hydrogen-bond acceptors (Lipinski definition) is 5. The van der Waals surface area contributed by atoms with Gasteiger partial charge in [-0.2, -0.15) is 5.10 Å². The van der Waals surface area contributed by atoms with Gasteiger partial charge in [0.2, 0.25) is 6.35 Å². The monoisotopic (exact) mass is 288 g/mol. The van der Waals surface area contributed by atoms with E-state index in [4.69, 9.17) is 4.74 Å². The Morgan fingerprint density at radius 1 is 1.10 bits per heavy atom. The van der Waals surface area contributed by atoms with Crippen molar-refractivity contribution in [3.8, 4) is 5.75 Å². The summed E-state index contributed by atoms with van der Waals surface area (Å²) in [7, 11) is 0. The quantitative estimate of drug-likeness (QED) is 0.827. The van der Waals surface area contributed by atoms with Crippen LogP contribution in [-0.4, -0.2) is 43.8 Å². The Bertz CT molecular complexity index is 447. The predicted octanol–water partition coefficient (Wildman–Crippen LogP) is 1.63. The molecule has 2 fully saturated rings. The fourth-order valence-electron chi connectivity index (χ4n) is 3.34. The van der Waals surface area contributed by atoms with Crippen LogP contribution in [0.4, 0.5) is 0 Å². The predicted molar refractivity (Wildman–Crippen MR) is 84.2 cm³/mol. The van der Waals surface area contributed by atoms with Gasteiger partial charge in [-0.3, -0.25) is 5.32 Å². The van der Waals surface area contributed by atoms with E-state index < -0.39 is 0 Å². The molecule has 2 aliphatic rings. The molecule has 21 heavy (non-hydrogen) atoms. The van der Waals surface area contributed by atoms with Crippen LogP contribution in [0.2, 0.25) is 0 Å². The molecule has 114 valence electrons. The number of benzene rings is 1. The van der Waals surface area contributed by atoms with Gasteiger partial charge in [0.25, 0.3) is 0 Å². The second-order valence-corrected chi connectivity index (χ2v) is 5.70. The topological polar surface area (TPSA) is 48.9 Å². The minimum absolute atomic E-state index is 0.224. The highest BCUT2D eigenvalue weighted by atomic mass is 16.5. The standard InChI is InChI=1S/C16H24N4O/c1-17-20-15(13-7-10-18-11-8-13)9-12-19-16(20)21-14-5-3-2-4-6-14/h2-6,13,15-16,18-19H,1,7-12H2/t15-,16?/m0/s1. The molecule has 0 amide bonds. The van der Waals surface area contributed by atoms with Gasteiger partial charge in [0.1, 0.15) is 5.75 Å². The number of hydrogen-bond donors (Lipinski definition) is 2. The Hall–Kier alpha value is -1.59. The molecule has 0 saturated carbocycles. The Morgan fingerprint density at radius 2 is 1.86 bits per heavy atom. The number of hydrazone groups is 1. The minimum Gasteiger partial charge on any atom is -0.456 e. The van der Waals surface area contributed by atoms with E-state index in [-0.39, 0.29) is 6.35 Å². The summed E-state index contributed by atoms with van der Waals surface area (Å²) in [6, 6.07) is 10.3. The molecule has 2 heterocycles. The molecule has 5 heteroatoms. The largest absolute Gasteiger partial charge is 0.456 e. The third-order valence-electron chi connectivity index (χ3n) is 4.42. The zero-order valence-corrected chi connectivity index (χ0v) is 12.4. The Labute approximate surface area is 126 Å². The maximum atomic E-state index is 6.05. The molecule has 2 aliphatic heterocycles. The smallest absolute Gasteiger partial charge is 0.244 e. The lowest BCUT2D eigenvalue weighted by atomic mass is 9.87. The summed E-state index contributed by atoms with van der Waals surface area (Å²) < 4.78 is 6.05. The second kappa shape index (κ2) is 6.91. The molecule has 3 rings (SSSR count). The summed E-state index contributed by atoms with van der Waals surface area (Å²) in [5.74, 6) is 1.52. The zero-order chi connectivity index (χ0) is 14.5. The van der Waals surface area contributed by atoms with Gasteiger partial charge in [-0.1, -0.05) is 18.2 Å². The molecular formula is C16H24N4O. The number of nitrogens with one attached hydrogen (secondary N) is 2. The number of nitrogens with zero attached hydrogens (tertiary/aromatic N) is 2. The SMILES string of the molecule is C=NN1C(Oc2ccccc2)NCC[C@H]1C1CCNCC1. The van der Waals surface area contributed by atoms with E-state index in [1.54, 1.807) is 0 Å². The molecular weight excluding hydrogens is 264 g/mol. The first kappa shape index (κ1) is 14.4. The second-order valence-electron chi connectivity index (χ2n) is 5.70. The van der Waals surface area contributed by atoms with Crippen molar-refractivity contribution in [3.63, 3.8) is 0 Å². The number of rotatable bonds is 4. The van der Waals surface area contributed by atoms with E-state index in [2.05, 4.69) is 22.5 Å². The highest BCUT2D eigenvalue weighted by molar-refractivity contribution is 5.23. The van der Waals surface area contributed by atoms with Gasteiger partial charge in [0.05, 0.1) is 6.04 Å². The third-order valence-corrected chi connectivity index (χ3v) is 4.42. The summed E-state index contributed by atoms with van der Waals surface area (Å²) >= 11 is 0. The maximum Gasteiger partial charge on any atom is 0.244 e. The molecule has 1 unspecified atom stereocenters. The van der Waals surface area contributed by atoms with Crippen molar-refractivity contribution < 1.29 is 4.74 Å². The first-order valence-corrected chi connectivity index (χ1v) is 7.79. The Morgan fingerprint density at radius 3 is 2.57 bits per heavy atom. The average Bonchev–Trinajstić information content (AvgIpc) is 2.56. The summed E-state index contributed by atoms with van der Waals surface area (Å²) in [6.45, 7) is 6.92. The molecule has 0 spiro atoms. The molecule has 1 aromatic carbocycles. The molecule has 0 aromatic heterocycles. The van der Waals surface area contributed by atoms with Crippen LogP contribution in [0.15, 0.2) is 35.4 Å². The van der Waals surface area contributed by atoms with Crippen molar-refractivity contribution in [2.75, 3.05) is 19.6 Å². The fourth-order valence-corrected chi connectivity index (χ4v) is 3.34. The normalized spacial score (nSPS) is 27.3. The van der Waals surface area contributed by atoms with Crippen molar-refractivity contribution in [2.24, 2.45) is 11.0 Å². The summed E-state index contributed by atoms with van der Waals surface area (Å²) in [6.07, 6.45) is 3.28. The van der Waals surface area contributed by atoms with Crippen LogP contribution in [0.25, 0.3) is 0 Å². The van der Waals surface area contributed by atoms with Crippen molar-refractivity contribution in [2.45, 2.75) is 31.7 Å². The van der Waals surface area contributed by atoms with Crippen molar-refractivity contribution >= 4 is 6.72 Å². The van der Waals surface area contributed by atoms with E-state index in [0.29, 0.717) is 12.0 Å². The van der Waals surface area contributed by atoms with Gasteiger partial charge in [0, 0.05) is 13.3 Å². The summed E-state index contributed by atoms with van der Waals surface area (Å²) in [5, 5.41) is 13.1. The Kier molecular flexibility index (Phi) is 4.72. The van der Waals surface area contributed by atoms with Crippen LogP contribution in [-0.2, 0) is 0 Å². The third kappa shape index (κ3) is 3.36. The molecule has 1 aromatic rings. The van der Waals surface area contributed by atoms with Gasteiger partial charge < -0.3 is 10.1 Å². The molecule has 2 N–H and O–H groups in total. The van der Waals surface area contributed by atoms with Gasteiger partial charge >= 0.3 is 0 Å². The molecule has 0 radical (unpaired) electrons. The van der Waals surface area contributed by atoms with Gasteiger partial charge in [-0.05, 0) is 50.4 Å². The summed E-state index contributed by atoms with van der Waals surface area (Å²) in [4.78, 5) is 0. The first-order chi connectivity index (χ1) is 10.4. The van der Waals surface area contributed by atoms with Gasteiger partial charge in [-0.15, -0.1) is 0 Å². The number of piperidine rings is 1. The van der Waals surface area contributed by atoms with Crippen molar-refractivity contribution in [3.05, 3.63) is 30.3 Å². The lowest BCUT2D eigenvalue weighted by Gasteiger charge is -2.44. The number of ether oxygens (including phenoxy) is 1. The minimum atomic E-state index is -0.224.